The normalized spacial score (nSPS) is 26.9. The number of carbonyl (C=O) groups excluding carboxylic acids is 2. The third-order valence-electron chi connectivity index (χ3n) is 4.73. The van der Waals surface area contributed by atoms with Gasteiger partial charge in [-0.25, -0.2) is 0 Å². The van der Waals surface area contributed by atoms with E-state index in [2.05, 4.69) is 22.6 Å². The molecule has 2 aliphatic heterocycles. The molecule has 1 aromatic carbocycles. The quantitative estimate of drug-likeness (QED) is 0.531. The largest absolute Gasteiger partial charge is 0.543 e. The van der Waals surface area contributed by atoms with Crippen molar-refractivity contribution in [3.8, 4) is 5.75 Å². The minimum Gasteiger partial charge on any atom is -0.543 e. The van der Waals surface area contributed by atoms with Gasteiger partial charge in [-0.1, -0.05) is 19.1 Å². The molecule has 24 heavy (non-hydrogen) atoms. The van der Waals surface area contributed by atoms with Crippen molar-refractivity contribution in [3.63, 3.8) is 0 Å². The fourth-order valence-electron chi connectivity index (χ4n) is 3.54. The van der Waals surface area contributed by atoms with Crippen LogP contribution in [0.1, 0.15) is 13.8 Å². The molecule has 1 N–H and O–H groups in total. The van der Waals surface area contributed by atoms with Crippen molar-refractivity contribution in [1.29, 1.82) is 0 Å². The van der Waals surface area contributed by atoms with Gasteiger partial charge in [0.15, 0.2) is 0 Å². The molecule has 0 bridgehead atoms. The van der Waals surface area contributed by atoms with Gasteiger partial charge in [-0.05, 0) is 47.2 Å². The second kappa shape index (κ2) is 6.36. The van der Waals surface area contributed by atoms with Crippen LogP contribution in [0.25, 0.3) is 0 Å². The van der Waals surface area contributed by atoms with Crippen molar-refractivity contribution < 1.29 is 24.5 Å². The lowest BCUT2D eigenvalue weighted by Crippen LogP contribution is -2.64. The van der Waals surface area contributed by atoms with Crippen LogP contribution in [0, 0.1) is 15.4 Å². The number of carboxylic acid groups (broad SMARTS) is 1. The van der Waals surface area contributed by atoms with E-state index in [1.54, 1.807) is 13.0 Å². The second-order valence-corrected chi connectivity index (χ2v) is 7.30. The van der Waals surface area contributed by atoms with E-state index in [1.165, 1.54) is 4.90 Å². The molecule has 2 heterocycles. The predicted octanol–water partition coefficient (Wildman–Crippen LogP) is 0.532. The van der Waals surface area contributed by atoms with Crippen LogP contribution >= 0.6 is 22.6 Å². The number of ether oxygens (including phenoxy) is 1. The zero-order valence-electron chi connectivity index (χ0n) is 13.2. The summed E-state index contributed by atoms with van der Waals surface area (Å²) in [6.45, 7) is 3.47. The van der Waals surface area contributed by atoms with E-state index in [1.807, 2.05) is 25.1 Å². The third kappa shape index (κ3) is 2.59. The molecule has 0 aromatic heterocycles. The molecule has 0 spiro atoms. The van der Waals surface area contributed by atoms with Crippen LogP contribution in [0.15, 0.2) is 35.5 Å². The van der Waals surface area contributed by atoms with Gasteiger partial charge in [0.1, 0.15) is 12.4 Å². The first-order chi connectivity index (χ1) is 11.3. The number of benzene rings is 1. The Hall–Kier alpha value is -1.61. The van der Waals surface area contributed by atoms with E-state index < -0.39 is 18.0 Å². The number of para-hydroxylation sites is 1. The number of rotatable bonds is 5. The Morgan fingerprint density at radius 2 is 2.12 bits per heavy atom. The van der Waals surface area contributed by atoms with Gasteiger partial charge < -0.3 is 24.6 Å². The summed E-state index contributed by atoms with van der Waals surface area (Å²) in [5.74, 6) is -1.89. The first kappa shape index (κ1) is 17.2. The van der Waals surface area contributed by atoms with Crippen molar-refractivity contribution >= 4 is 34.5 Å². The van der Waals surface area contributed by atoms with Crippen LogP contribution in [-0.4, -0.2) is 40.6 Å². The van der Waals surface area contributed by atoms with Gasteiger partial charge in [-0.15, -0.1) is 0 Å². The molecule has 4 unspecified atom stereocenters. The molecule has 0 saturated carbocycles. The van der Waals surface area contributed by atoms with Crippen molar-refractivity contribution in [2.24, 2.45) is 11.8 Å². The molecule has 1 amide bonds. The predicted molar refractivity (Wildman–Crippen MR) is 91.7 cm³/mol. The molecule has 1 saturated heterocycles. The minimum atomic E-state index is -1.39. The summed E-state index contributed by atoms with van der Waals surface area (Å²) in [6, 6.07) is 7.07. The number of amides is 1. The number of fused-ring (bicyclic) bond motifs is 1. The maximum absolute atomic E-state index is 12.2. The summed E-state index contributed by atoms with van der Waals surface area (Å²) in [5.41, 5.74) is 0.413. The van der Waals surface area contributed by atoms with Crippen molar-refractivity contribution in [2.75, 3.05) is 6.61 Å². The highest BCUT2D eigenvalue weighted by Gasteiger charge is 2.58. The van der Waals surface area contributed by atoms with Gasteiger partial charge in [0, 0.05) is 5.92 Å². The van der Waals surface area contributed by atoms with Gasteiger partial charge in [-0.2, -0.15) is 0 Å². The molecule has 3 rings (SSSR count). The number of aliphatic hydroxyl groups is 1. The lowest BCUT2D eigenvalue weighted by atomic mass is 9.78. The van der Waals surface area contributed by atoms with Gasteiger partial charge in [0.25, 0.3) is 0 Å². The Kier molecular flexibility index (Phi) is 4.56. The summed E-state index contributed by atoms with van der Waals surface area (Å²) >= 11 is 2.14. The van der Waals surface area contributed by atoms with E-state index in [4.69, 9.17) is 4.74 Å². The molecular weight excluding hydrogens is 425 g/mol. The number of carbonyl (C=O) groups is 2. The Balaban J connectivity index is 1.87. The summed E-state index contributed by atoms with van der Waals surface area (Å²) < 4.78 is 6.68. The molecule has 7 heteroatoms. The van der Waals surface area contributed by atoms with Crippen LogP contribution in [-0.2, 0) is 9.59 Å². The number of aliphatic hydroxyl groups excluding tert-OH is 1. The van der Waals surface area contributed by atoms with E-state index in [-0.39, 0.29) is 30.2 Å². The number of halogens is 1. The highest BCUT2D eigenvalue weighted by atomic mass is 127. The molecule has 1 fully saturated rings. The van der Waals surface area contributed by atoms with Crippen LogP contribution in [0.4, 0.5) is 0 Å². The van der Waals surface area contributed by atoms with E-state index in [0.29, 0.717) is 11.3 Å². The van der Waals surface area contributed by atoms with Crippen LogP contribution in [0.3, 0.4) is 0 Å². The second-order valence-electron chi connectivity index (χ2n) is 6.13. The number of aliphatic carboxylic acids is 1. The summed E-state index contributed by atoms with van der Waals surface area (Å²) in [7, 11) is 0. The Labute approximate surface area is 153 Å². The summed E-state index contributed by atoms with van der Waals surface area (Å²) in [5, 5.41) is 21.4. The van der Waals surface area contributed by atoms with Crippen molar-refractivity contribution in [1.82, 2.24) is 4.90 Å². The standard InChI is InChI=1S/C17H18INO5/c1-8-10(7-24-12-6-4-3-5-11(12)18)15(17(22)23)19-14(8)13(9(2)20)16(19)21/h3-6,8-9,13-14,20H,7H2,1-2H3,(H,22,23)/p-1. The van der Waals surface area contributed by atoms with Crippen molar-refractivity contribution in [3.05, 3.63) is 39.1 Å². The molecule has 4 atom stereocenters. The lowest BCUT2D eigenvalue weighted by molar-refractivity contribution is -0.301. The topological polar surface area (TPSA) is 89.9 Å². The van der Waals surface area contributed by atoms with Gasteiger partial charge in [0.05, 0.1) is 33.3 Å². The zero-order chi connectivity index (χ0) is 17.6. The SMILES string of the molecule is CC(O)C1C(=O)N2C(C(=O)[O-])=C(COc3ccccc3I)C(C)C12. The highest BCUT2D eigenvalue weighted by molar-refractivity contribution is 14.1. The van der Waals surface area contributed by atoms with Crippen LogP contribution in [0.2, 0.25) is 0 Å². The number of hydrogen-bond donors (Lipinski definition) is 1. The summed E-state index contributed by atoms with van der Waals surface area (Å²) in [6.07, 6.45) is -0.820. The number of nitrogens with zero attached hydrogens (tertiary/aromatic N) is 1. The minimum absolute atomic E-state index is 0.0668. The third-order valence-corrected chi connectivity index (χ3v) is 5.62. The monoisotopic (exact) mass is 442 g/mol. The van der Waals surface area contributed by atoms with E-state index >= 15 is 0 Å². The molecule has 6 nitrogen and oxygen atoms in total. The molecular formula is C17H17INO5-. The smallest absolute Gasteiger partial charge is 0.235 e. The highest BCUT2D eigenvalue weighted by Crippen LogP contribution is 2.46. The van der Waals surface area contributed by atoms with E-state index in [0.717, 1.165) is 3.57 Å². The number of carboxylic acids is 1. The van der Waals surface area contributed by atoms with Crippen molar-refractivity contribution in [2.45, 2.75) is 26.0 Å². The van der Waals surface area contributed by atoms with E-state index in [9.17, 15) is 19.8 Å². The molecule has 1 aromatic rings. The average molecular weight is 442 g/mol. The summed E-state index contributed by atoms with van der Waals surface area (Å²) in [4.78, 5) is 25.0. The molecule has 2 aliphatic rings. The van der Waals surface area contributed by atoms with Crippen LogP contribution in [0.5, 0.6) is 5.75 Å². The lowest BCUT2D eigenvalue weighted by Gasteiger charge is -2.47. The Bertz CT molecular complexity index is 729. The number of β-lactam (4-membered cyclic amide) rings is 1. The van der Waals surface area contributed by atoms with Gasteiger partial charge in [-0.3, -0.25) is 4.79 Å². The Morgan fingerprint density at radius 1 is 1.46 bits per heavy atom. The fourth-order valence-corrected chi connectivity index (χ4v) is 4.08. The maximum Gasteiger partial charge on any atom is 0.235 e. The molecule has 128 valence electrons. The molecule has 0 radical (unpaired) electrons. The first-order valence-electron chi connectivity index (χ1n) is 7.67. The fraction of sp³-hybridized carbons (Fsp3) is 0.412. The molecule has 0 aliphatic carbocycles. The van der Waals surface area contributed by atoms with Gasteiger partial charge >= 0.3 is 0 Å². The average Bonchev–Trinajstić information content (AvgIpc) is 2.75. The Morgan fingerprint density at radius 3 is 2.71 bits per heavy atom. The van der Waals surface area contributed by atoms with Crippen LogP contribution < -0.4 is 9.84 Å². The number of hydrogen-bond acceptors (Lipinski definition) is 5. The first-order valence-corrected chi connectivity index (χ1v) is 8.75. The maximum atomic E-state index is 12.2. The zero-order valence-corrected chi connectivity index (χ0v) is 15.4. The van der Waals surface area contributed by atoms with Gasteiger partial charge in [0.2, 0.25) is 5.91 Å².